The second kappa shape index (κ2) is 33.7. The van der Waals surface area contributed by atoms with Crippen LogP contribution >= 0.6 is 0 Å². The molecule has 0 aromatic carbocycles. The van der Waals surface area contributed by atoms with E-state index >= 15 is 0 Å². The summed E-state index contributed by atoms with van der Waals surface area (Å²) in [5.74, 6) is -0.323. The van der Waals surface area contributed by atoms with Gasteiger partial charge in [-0.2, -0.15) is 0 Å². The smallest absolute Gasteiger partial charge is 0.222 e. The van der Waals surface area contributed by atoms with Crippen molar-refractivity contribution in [1.29, 1.82) is 0 Å². The summed E-state index contributed by atoms with van der Waals surface area (Å²) in [5, 5.41) is 32.9. The molecule has 3 unspecified atom stereocenters. The van der Waals surface area contributed by atoms with Gasteiger partial charge in [-0.1, -0.05) is 160 Å². The topological polar surface area (TPSA) is 89.8 Å². The zero-order valence-electron chi connectivity index (χ0n) is 28.6. The number of amides is 1. The summed E-state index contributed by atoms with van der Waals surface area (Å²) >= 11 is 0. The van der Waals surface area contributed by atoms with Crippen molar-refractivity contribution in [3.63, 3.8) is 0 Å². The third-order valence-corrected chi connectivity index (χ3v) is 8.48. The molecule has 0 aliphatic rings. The van der Waals surface area contributed by atoms with Crippen LogP contribution in [0.15, 0.2) is 24.3 Å². The molecule has 0 fully saturated rings. The molecule has 1 amide bonds. The molecule has 0 radical (unpaired) electrons. The average Bonchev–Trinajstić information content (AvgIpc) is 3.00. The maximum absolute atomic E-state index is 12.3. The van der Waals surface area contributed by atoms with Crippen molar-refractivity contribution in [1.82, 2.24) is 5.32 Å². The van der Waals surface area contributed by atoms with Gasteiger partial charge in [-0.15, -0.1) is 0 Å². The van der Waals surface area contributed by atoms with Crippen LogP contribution in [0.1, 0.15) is 187 Å². The van der Waals surface area contributed by atoms with Crippen LogP contribution in [0.5, 0.6) is 0 Å². The lowest BCUT2D eigenvalue weighted by atomic mass is 10.0. The number of rotatable bonds is 33. The van der Waals surface area contributed by atoms with E-state index in [9.17, 15) is 20.1 Å². The van der Waals surface area contributed by atoms with Gasteiger partial charge in [0.15, 0.2) is 0 Å². The molecule has 0 aliphatic heterocycles. The van der Waals surface area contributed by atoms with Crippen LogP contribution in [0.25, 0.3) is 0 Å². The minimum Gasteiger partial charge on any atom is -0.394 e. The predicted octanol–water partition coefficient (Wildman–Crippen LogP) is 9.87. The van der Waals surface area contributed by atoms with Gasteiger partial charge in [0.25, 0.3) is 0 Å². The monoisotopic (exact) mass is 608 g/mol. The van der Waals surface area contributed by atoms with Gasteiger partial charge in [-0.05, 0) is 44.9 Å². The van der Waals surface area contributed by atoms with Gasteiger partial charge in [0.2, 0.25) is 5.91 Å². The second-order valence-electron chi connectivity index (χ2n) is 12.8. The summed E-state index contributed by atoms with van der Waals surface area (Å²) in [6.07, 6.45) is 38.8. The number of hydrogen-bond donors (Lipinski definition) is 4. The van der Waals surface area contributed by atoms with Gasteiger partial charge in [0.05, 0.1) is 31.3 Å². The van der Waals surface area contributed by atoms with Crippen molar-refractivity contribution >= 4 is 5.91 Å². The second-order valence-corrected chi connectivity index (χ2v) is 12.8. The highest BCUT2D eigenvalue weighted by molar-refractivity contribution is 5.76. The summed E-state index contributed by atoms with van der Waals surface area (Å²) in [7, 11) is 0. The predicted molar refractivity (Wildman–Crippen MR) is 185 cm³/mol. The number of carbonyl (C=O) groups is 1. The zero-order valence-corrected chi connectivity index (χ0v) is 28.6. The quantitative estimate of drug-likeness (QED) is 0.0441. The van der Waals surface area contributed by atoms with Crippen molar-refractivity contribution in [2.75, 3.05) is 6.61 Å². The lowest BCUT2D eigenvalue weighted by molar-refractivity contribution is -0.124. The van der Waals surface area contributed by atoms with Crippen LogP contribution in [0.4, 0.5) is 0 Å². The Balaban J connectivity index is 3.68. The molecule has 0 aromatic rings. The van der Waals surface area contributed by atoms with E-state index in [1.807, 2.05) is 6.08 Å². The molecule has 0 heterocycles. The van der Waals surface area contributed by atoms with Gasteiger partial charge < -0.3 is 20.6 Å². The standard InChI is InChI=1S/C38H73NO4/c1-3-5-7-9-11-13-14-15-16-17-18-19-20-21-22-24-25-27-29-31-35(41)33-38(43)39-36(34-40)37(42)32-30-28-26-23-12-10-8-6-4-2/h19-20,30,32,35-37,40-42H,3-18,21-29,31,33-34H2,1-2H3,(H,39,43)/b20-19-,32-30+. The molecular formula is C38H73NO4. The number of aliphatic hydroxyl groups excluding tert-OH is 3. The van der Waals surface area contributed by atoms with Crippen molar-refractivity contribution < 1.29 is 20.1 Å². The van der Waals surface area contributed by atoms with E-state index in [0.717, 1.165) is 38.5 Å². The number of allylic oxidation sites excluding steroid dienone is 3. The summed E-state index contributed by atoms with van der Waals surface area (Å²) in [4.78, 5) is 12.3. The minimum atomic E-state index is -0.926. The Morgan fingerprint density at radius 1 is 0.581 bits per heavy atom. The summed E-state index contributed by atoms with van der Waals surface area (Å²) < 4.78 is 0. The minimum absolute atomic E-state index is 0.00874. The Labute approximate surface area is 267 Å². The fraction of sp³-hybridized carbons (Fsp3) is 0.868. The first-order valence-electron chi connectivity index (χ1n) is 18.6. The van der Waals surface area contributed by atoms with Gasteiger partial charge in [-0.25, -0.2) is 0 Å². The number of nitrogens with one attached hydrogen (secondary N) is 1. The highest BCUT2D eigenvalue weighted by Crippen LogP contribution is 2.14. The fourth-order valence-electron chi connectivity index (χ4n) is 5.57. The summed E-state index contributed by atoms with van der Waals surface area (Å²) in [6, 6.07) is -0.742. The molecular weight excluding hydrogens is 534 g/mol. The molecule has 0 saturated carbocycles. The van der Waals surface area contributed by atoms with Crippen LogP contribution < -0.4 is 5.32 Å². The largest absolute Gasteiger partial charge is 0.394 e. The Bertz CT molecular complexity index is 635. The maximum atomic E-state index is 12.3. The van der Waals surface area contributed by atoms with Gasteiger partial charge >= 0.3 is 0 Å². The van der Waals surface area contributed by atoms with E-state index in [2.05, 4.69) is 31.3 Å². The highest BCUT2D eigenvalue weighted by atomic mass is 16.3. The fourth-order valence-corrected chi connectivity index (χ4v) is 5.57. The molecule has 0 bridgehead atoms. The van der Waals surface area contributed by atoms with Crippen molar-refractivity contribution in [2.45, 2.75) is 205 Å². The van der Waals surface area contributed by atoms with Crippen LogP contribution in [0.3, 0.4) is 0 Å². The van der Waals surface area contributed by atoms with Crippen LogP contribution in [-0.2, 0) is 4.79 Å². The normalized spacial score (nSPS) is 14.1. The van der Waals surface area contributed by atoms with Gasteiger partial charge in [0.1, 0.15) is 0 Å². The zero-order chi connectivity index (χ0) is 31.6. The maximum Gasteiger partial charge on any atom is 0.222 e. The molecule has 0 spiro atoms. The average molecular weight is 608 g/mol. The molecule has 3 atom stereocenters. The van der Waals surface area contributed by atoms with Crippen LogP contribution in [0, 0.1) is 0 Å². The third kappa shape index (κ3) is 30.6. The van der Waals surface area contributed by atoms with Crippen LogP contribution in [-0.4, -0.2) is 46.1 Å². The van der Waals surface area contributed by atoms with E-state index < -0.39 is 18.2 Å². The first-order chi connectivity index (χ1) is 21.0. The SMILES string of the molecule is CCCCCCCCC/C=C/C(O)C(CO)NC(=O)CC(O)CCCCCCC/C=C\CCCCCCCCCCCC. The molecule has 5 nitrogen and oxygen atoms in total. The number of unbranched alkanes of at least 4 members (excludes halogenated alkanes) is 22. The third-order valence-electron chi connectivity index (χ3n) is 8.48. The Kier molecular flexibility index (Phi) is 32.8. The summed E-state index contributed by atoms with van der Waals surface area (Å²) in [5.41, 5.74) is 0. The Hall–Kier alpha value is -1.17. The molecule has 5 heteroatoms. The molecule has 43 heavy (non-hydrogen) atoms. The Morgan fingerprint density at radius 3 is 1.42 bits per heavy atom. The molecule has 0 rings (SSSR count). The summed E-state index contributed by atoms with van der Waals surface area (Å²) in [6.45, 7) is 4.17. The van der Waals surface area contributed by atoms with E-state index in [0.29, 0.717) is 6.42 Å². The molecule has 0 aromatic heterocycles. The van der Waals surface area contributed by atoms with Crippen LogP contribution in [0.2, 0.25) is 0 Å². The molecule has 254 valence electrons. The van der Waals surface area contributed by atoms with E-state index in [4.69, 9.17) is 0 Å². The number of aliphatic hydroxyl groups is 3. The highest BCUT2D eigenvalue weighted by Gasteiger charge is 2.20. The lowest BCUT2D eigenvalue weighted by Crippen LogP contribution is -2.45. The van der Waals surface area contributed by atoms with E-state index in [1.54, 1.807) is 6.08 Å². The molecule has 0 aliphatic carbocycles. The van der Waals surface area contributed by atoms with Crippen molar-refractivity contribution in [2.24, 2.45) is 0 Å². The van der Waals surface area contributed by atoms with Crippen molar-refractivity contribution in [3.8, 4) is 0 Å². The Morgan fingerprint density at radius 2 is 0.977 bits per heavy atom. The lowest BCUT2D eigenvalue weighted by Gasteiger charge is -2.21. The van der Waals surface area contributed by atoms with Crippen molar-refractivity contribution in [3.05, 3.63) is 24.3 Å². The number of hydrogen-bond acceptors (Lipinski definition) is 4. The first kappa shape index (κ1) is 41.8. The molecule has 4 N–H and O–H groups in total. The molecule has 0 saturated heterocycles. The van der Waals surface area contributed by atoms with Gasteiger partial charge in [-0.3, -0.25) is 4.79 Å². The van der Waals surface area contributed by atoms with E-state index in [-0.39, 0.29) is 18.9 Å². The van der Waals surface area contributed by atoms with E-state index in [1.165, 1.54) is 122 Å². The number of carbonyl (C=O) groups excluding carboxylic acids is 1. The van der Waals surface area contributed by atoms with Gasteiger partial charge in [0, 0.05) is 0 Å². The first-order valence-corrected chi connectivity index (χ1v) is 18.6.